The average Bonchev–Trinajstić information content (AvgIpc) is 2.65. The second-order valence-corrected chi connectivity index (χ2v) is 4.05. The highest BCUT2D eigenvalue weighted by molar-refractivity contribution is 5.93. The number of aryl methyl sites for hydroxylation is 1. The minimum absolute atomic E-state index is 0.0514. The van der Waals surface area contributed by atoms with E-state index in [9.17, 15) is 9.59 Å². The van der Waals surface area contributed by atoms with Crippen molar-refractivity contribution < 1.29 is 14.3 Å². The normalized spacial score (nSPS) is 12.0. The predicted molar refractivity (Wildman–Crippen MR) is 70.7 cm³/mol. The number of ether oxygens (including phenoxy) is 1. The van der Waals surface area contributed by atoms with E-state index in [1.54, 1.807) is 20.8 Å². The number of anilines is 1. The molecule has 0 aromatic carbocycles. The highest BCUT2D eigenvalue weighted by Gasteiger charge is 2.25. The van der Waals surface area contributed by atoms with E-state index in [-0.39, 0.29) is 24.0 Å². The molecule has 1 unspecified atom stereocenters. The zero-order chi connectivity index (χ0) is 14.6. The lowest BCUT2D eigenvalue weighted by atomic mass is 10.3. The van der Waals surface area contributed by atoms with Crippen LogP contribution in [0.3, 0.4) is 0 Å². The molecule has 0 fully saturated rings. The molecular weight excluding hydrogens is 248 g/mol. The number of nitrogens with zero attached hydrogens (tertiary/aromatic N) is 2. The van der Waals surface area contributed by atoms with E-state index in [4.69, 9.17) is 10.5 Å². The molecule has 106 valence electrons. The molecule has 0 saturated heterocycles. The highest BCUT2D eigenvalue weighted by Crippen LogP contribution is 2.21. The van der Waals surface area contributed by atoms with Crippen LogP contribution in [0, 0.1) is 6.92 Å². The van der Waals surface area contributed by atoms with Gasteiger partial charge in [-0.1, -0.05) is 0 Å². The van der Waals surface area contributed by atoms with Crippen molar-refractivity contribution in [3.05, 3.63) is 11.5 Å². The van der Waals surface area contributed by atoms with Gasteiger partial charge in [0.25, 0.3) is 0 Å². The summed E-state index contributed by atoms with van der Waals surface area (Å²) in [5, 5.41) is 2.70. The van der Waals surface area contributed by atoms with Gasteiger partial charge in [-0.25, -0.2) is 9.78 Å². The van der Waals surface area contributed by atoms with Crippen LogP contribution in [0.4, 0.5) is 5.82 Å². The first-order valence-corrected chi connectivity index (χ1v) is 6.23. The summed E-state index contributed by atoms with van der Waals surface area (Å²) in [6, 6.07) is -0.532. The largest absolute Gasteiger partial charge is 0.461 e. The Morgan fingerprint density at radius 1 is 1.47 bits per heavy atom. The van der Waals surface area contributed by atoms with Gasteiger partial charge in [0.1, 0.15) is 17.7 Å². The van der Waals surface area contributed by atoms with Gasteiger partial charge in [0.15, 0.2) is 5.69 Å². The Morgan fingerprint density at radius 2 is 2.11 bits per heavy atom. The molecule has 1 atom stereocenters. The van der Waals surface area contributed by atoms with E-state index < -0.39 is 12.0 Å². The third-order valence-electron chi connectivity index (χ3n) is 2.71. The van der Waals surface area contributed by atoms with Crippen LogP contribution in [-0.4, -0.2) is 34.6 Å². The van der Waals surface area contributed by atoms with Gasteiger partial charge < -0.3 is 20.4 Å². The van der Waals surface area contributed by atoms with Gasteiger partial charge in [0.2, 0.25) is 5.91 Å². The minimum Gasteiger partial charge on any atom is -0.461 e. The molecule has 0 aliphatic heterocycles. The Balaban J connectivity index is 3.09. The number of hydrogen-bond acceptors (Lipinski definition) is 5. The van der Waals surface area contributed by atoms with Gasteiger partial charge in [0.05, 0.1) is 6.61 Å². The van der Waals surface area contributed by atoms with E-state index in [1.807, 2.05) is 6.92 Å². The maximum atomic E-state index is 11.8. The van der Waals surface area contributed by atoms with E-state index in [1.165, 1.54) is 4.57 Å². The number of esters is 1. The Bertz CT molecular complexity index is 482. The van der Waals surface area contributed by atoms with Gasteiger partial charge in [-0.3, -0.25) is 4.79 Å². The zero-order valence-corrected chi connectivity index (χ0v) is 11.7. The summed E-state index contributed by atoms with van der Waals surface area (Å²) in [7, 11) is 0. The third kappa shape index (κ3) is 3.04. The molecule has 1 aromatic rings. The molecule has 0 aliphatic carbocycles. The van der Waals surface area contributed by atoms with Crippen molar-refractivity contribution in [1.29, 1.82) is 0 Å². The third-order valence-corrected chi connectivity index (χ3v) is 2.71. The van der Waals surface area contributed by atoms with Crippen molar-refractivity contribution in [3.8, 4) is 0 Å². The number of hydrogen-bond donors (Lipinski definition) is 2. The van der Waals surface area contributed by atoms with Crippen LogP contribution in [0.5, 0.6) is 0 Å². The molecule has 0 bridgehead atoms. The summed E-state index contributed by atoms with van der Waals surface area (Å²) < 4.78 is 6.39. The van der Waals surface area contributed by atoms with Gasteiger partial charge in [-0.2, -0.15) is 0 Å². The van der Waals surface area contributed by atoms with E-state index in [0.717, 1.165) is 0 Å². The fourth-order valence-corrected chi connectivity index (χ4v) is 1.84. The summed E-state index contributed by atoms with van der Waals surface area (Å²) in [4.78, 5) is 27.6. The number of carbonyl (C=O) groups excluding carboxylic acids is 2. The van der Waals surface area contributed by atoms with Crippen LogP contribution < -0.4 is 11.1 Å². The second kappa shape index (κ2) is 6.21. The number of carbonyl (C=O) groups is 2. The van der Waals surface area contributed by atoms with E-state index in [2.05, 4.69) is 10.3 Å². The zero-order valence-electron chi connectivity index (χ0n) is 11.7. The summed E-state index contributed by atoms with van der Waals surface area (Å²) in [6.45, 7) is 7.70. The quantitative estimate of drug-likeness (QED) is 0.764. The topological polar surface area (TPSA) is 99.2 Å². The first kappa shape index (κ1) is 15.0. The second-order valence-electron chi connectivity index (χ2n) is 4.05. The highest BCUT2D eigenvalue weighted by atomic mass is 16.5. The molecule has 0 spiro atoms. The van der Waals surface area contributed by atoms with Crippen LogP contribution in [0.15, 0.2) is 0 Å². The van der Waals surface area contributed by atoms with Crippen molar-refractivity contribution in [2.45, 2.75) is 33.7 Å². The van der Waals surface area contributed by atoms with Gasteiger partial charge in [-0.15, -0.1) is 0 Å². The lowest BCUT2D eigenvalue weighted by Gasteiger charge is -2.16. The molecule has 1 amide bonds. The van der Waals surface area contributed by atoms with Crippen molar-refractivity contribution in [2.75, 3.05) is 18.9 Å². The molecule has 0 saturated carbocycles. The van der Waals surface area contributed by atoms with E-state index in [0.29, 0.717) is 12.4 Å². The first-order valence-electron chi connectivity index (χ1n) is 6.23. The Hall–Kier alpha value is -2.05. The minimum atomic E-state index is -0.579. The Kier molecular flexibility index (Phi) is 4.91. The van der Waals surface area contributed by atoms with Crippen LogP contribution in [-0.2, 0) is 9.53 Å². The predicted octanol–water partition coefficient (Wildman–Crippen LogP) is 0.648. The molecular formula is C12H20N4O3. The summed E-state index contributed by atoms with van der Waals surface area (Å²) in [5.74, 6) is -0.107. The number of nitrogen functional groups attached to an aromatic ring is 1. The van der Waals surface area contributed by atoms with Crippen molar-refractivity contribution >= 4 is 17.7 Å². The van der Waals surface area contributed by atoms with Crippen LogP contribution >= 0.6 is 0 Å². The SMILES string of the molecule is CCNC(=O)C(C)n1c(C)nc(C(=O)OCC)c1N. The molecule has 1 rings (SSSR count). The number of imidazole rings is 1. The van der Waals surface area contributed by atoms with Gasteiger partial charge >= 0.3 is 5.97 Å². The fourth-order valence-electron chi connectivity index (χ4n) is 1.84. The molecule has 7 heteroatoms. The Labute approximate surface area is 112 Å². The van der Waals surface area contributed by atoms with Crippen LogP contribution in [0.25, 0.3) is 0 Å². The van der Waals surface area contributed by atoms with Crippen molar-refractivity contribution in [2.24, 2.45) is 0 Å². The summed E-state index contributed by atoms with van der Waals surface area (Å²) in [6.07, 6.45) is 0. The van der Waals surface area contributed by atoms with Gasteiger partial charge in [0, 0.05) is 6.54 Å². The molecule has 19 heavy (non-hydrogen) atoms. The van der Waals surface area contributed by atoms with Crippen molar-refractivity contribution in [1.82, 2.24) is 14.9 Å². The number of aromatic nitrogens is 2. The van der Waals surface area contributed by atoms with Crippen LogP contribution in [0.2, 0.25) is 0 Å². The first-order chi connectivity index (χ1) is 8.93. The smallest absolute Gasteiger partial charge is 0.360 e. The number of rotatable bonds is 5. The molecule has 3 N–H and O–H groups in total. The maximum absolute atomic E-state index is 11.8. The monoisotopic (exact) mass is 268 g/mol. The molecule has 1 heterocycles. The molecule has 7 nitrogen and oxygen atoms in total. The number of amides is 1. The van der Waals surface area contributed by atoms with E-state index >= 15 is 0 Å². The molecule has 1 aromatic heterocycles. The lowest BCUT2D eigenvalue weighted by molar-refractivity contribution is -0.123. The molecule has 0 radical (unpaired) electrons. The number of likely N-dealkylation sites (N-methyl/N-ethyl adjacent to an activating group) is 1. The number of nitrogens with one attached hydrogen (secondary N) is 1. The maximum Gasteiger partial charge on any atom is 0.360 e. The average molecular weight is 268 g/mol. The lowest BCUT2D eigenvalue weighted by Crippen LogP contribution is -2.31. The Morgan fingerprint density at radius 3 is 2.63 bits per heavy atom. The molecule has 0 aliphatic rings. The van der Waals surface area contributed by atoms with Gasteiger partial charge in [-0.05, 0) is 27.7 Å². The van der Waals surface area contributed by atoms with Crippen molar-refractivity contribution in [3.63, 3.8) is 0 Å². The standard InChI is InChI=1S/C12H20N4O3/c1-5-14-11(17)7(3)16-8(4)15-9(10(16)13)12(18)19-6-2/h7H,5-6,13H2,1-4H3,(H,14,17). The number of nitrogens with two attached hydrogens (primary N) is 1. The summed E-state index contributed by atoms with van der Waals surface area (Å²) in [5.41, 5.74) is 5.94. The van der Waals surface area contributed by atoms with Crippen LogP contribution in [0.1, 0.15) is 43.1 Å². The summed E-state index contributed by atoms with van der Waals surface area (Å²) >= 11 is 0. The fraction of sp³-hybridized carbons (Fsp3) is 0.583.